The van der Waals surface area contributed by atoms with Gasteiger partial charge in [0.25, 0.3) is 0 Å². The molecule has 0 aliphatic heterocycles. The minimum absolute atomic E-state index is 0.133. The lowest BCUT2D eigenvalue weighted by Gasteiger charge is -2.23. The first-order valence-electron chi connectivity index (χ1n) is 6.37. The lowest BCUT2D eigenvalue weighted by atomic mass is 10.3. The molecular formula is C13H20N2O3S. The van der Waals surface area contributed by atoms with Gasteiger partial charge in [0.2, 0.25) is 0 Å². The van der Waals surface area contributed by atoms with Crippen molar-refractivity contribution in [2.75, 3.05) is 18.1 Å². The normalized spacial score (nSPS) is 10.6. The molecule has 1 aromatic rings. The Balaban J connectivity index is 3.20. The molecule has 0 fully saturated rings. The van der Waals surface area contributed by atoms with E-state index in [0.717, 1.165) is 6.54 Å². The third-order valence-corrected chi connectivity index (χ3v) is 3.81. The minimum atomic E-state index is -0.532. The molecule has 1 heterocycles. The van der Waals surface area contributed by atoms with Crippen molar-refractivity contribution in [3.05, 3.63) is 10.6 Å². The fourth-order valence-corrected chi connectivity index (χ4v) is 2.88. The van der Waals surface area contributed by atoms with E-state index in [1.807, 2.05) is 25.7 Å². The number of esters is 1. The number of hydrogen-bond acceptors (Lipinski definition) is 6. The van der Waals surface area contributed by atoms with E-state index < -0.39 is 5.97 Å². The molecule has 6 heteroatoms. The van der Waals surface area contributed by atoms with Crippen molar-refractivity contribution in [1.29, 1.82) is 0 Å². The molecule has 5 nitrogen and oxygen atoms in total. The van der Waals surface area contributed by atoms with Crippen LogP contribution in [0.5, 0.6) is 0 Å². The number of aromatic nitrogens is 1. The lowest BCUT2D eigenvalue weighted by molar-refractivity contribution is 0.0517. The van der Waals surface area contributed by atoms with E-state index in [1.54, 1.807) is 6.92 Å². The first-order chi connectivity index (χ1) is 8.92. The second-order valence-corrected chi connectivity index (χ2v) is 5.31. The number of carbonyl (C=O) groups is 2. The van der Waals surface area contributed by atoms with E-state index in [0.29, 0.717) is 10.0 Å². The van der Waals surface area contributed by atoms with Gasteiger partial charge >= 0.3 is 5.97 Å². The summed E-state index contributed by atoms with van der Waals surface area (Å²) in [5, 5.41) is 0.686. The predicted molar refractivity (Wildman–Crippen MR) is 76.2 cm³/mol. The van der Waals surface area contributed by atoms with Gasteiger partial charge in [-0.2, -0.15) is 0 Å². The van der Waals surface area contributed by atoms with Gasteiger partial charge in [0, 0.05) is 19.5 Å². The van der Waals surface area contributed by atoms with Crippen molar-refractivity contribution in [3.8, 4) is 0 Å². The number of anilines is 1. The molecule has 0 radical (unpaired) electrons. The van der Waals surface area contributed by atoms with Gasteiger partial charge in [-0.15, -0.1) is 0 Å². The van der Waals surface area contributed by atoms with Gasteiger partial charge in [0.1, 0.15) is 4.88 Å². The van der Waals surface area contributed by atoms with E-state index in [1.165, 1.54) is 18.3 Å². The highest BCUT2D eigenvalue weighted by molar-refractivity contribution is 7.17. The summed E-state index contributed by atoms with van der Waals surface area (Å²) in [4.78, 5) is 30.1. The van der Waals surface area contributed by atoms with Crippen LogP contribution in [-0.4, -0.2) is 35.9 Å². The number of ketones is 1. The molecule has 19 heavy (non-hydrogen) atoms. The maximum Gasteiger partial charge on any atom is 0.358 e. The summed E-state index contributed by atoms with van der Waals surface area (Å²) in [5.74, 6) is -0.693. The summed E-state index contributed by atoms with van der Waals surface area (Å²) in [6, 6.07) is 0.256. The van der Waals surface area contributed by atoms with Crippen molar-refractivity contribution in [3.63, 3.8) is 0 Å². The van der Waals surface area contributed by atoms with Crippen molar-refractivity contribution < 1.29 is 14.3 Å². The van der Waals surface area contributed by atoms with Crippen LogP contribution in [0.3, 0.4) is 0 Å². The molecule has 0 spiro atoms. The maximum absolute atomic E-state index is 11.8. The molecular weight excluding hydrogens is 264 g/mol. The molecule has 0 unspecified atom stereocenters. The average molecular weight is 284 g/mol. The molecule has 0 saturated carbocycles. The van der Waals surface area contributed by atoms with Gasteiger partial charge in [-0.1, -0.05) is 11.3 Å². The monoisotopic (exact) mass is 284 g/mol. The summed E-state index contributed by atoms with van der Waals surface area (Å²) < 4.78 is 4.94. The van der Waals surface area contributed by atoms with Crippen LogP contribution < -0.4 is 4.90 Å². The number of thiazole rings is 1. The highest BCUT2D eigenvalue weighted by atomic mass is 32.1. The molecule has 0 aliphatic rings. The highest BCUT2D eigenvalue weighted by Gasteiger charge is 2.24. The third-order valence-electron chi connectivity index (χ3n) is 2.61. The fourth-order valence-electron chi connectivity index (χ4n) is 1.73. The Bertz CT molecular complexity index is 468. The SMILES string of the molecule is CCOC(=O)c1nc(N(CC)C(C)C)sc1C(C)=O. The van der Waals surface area contributed by atoms with Crippen molar-refractivity contribution in [2.24, 2.45) is 0 Å². The summed E-state index contributed by atoms with van der Waals surface area (Å²) in [5.41, 5.74) is 0.133. The Morgan fingerprint density at radius 1 is 1.37 bits per heavy atom. The molecule has 0 saturated heterocycles. The average Bonchev–Trinajstić information content (AvgIpc) is 2.74. The zero-order valence-electron chi connectivity index (χ0n) is 12.0. The number of ether oxygens (including phenoxy) is 1. The molecule has 1 rings (SSSR count). The fraction of sp³-hybridized carbons (Fsp3) is 0.615. The van der Waals surface area contributed by atoms with Crippen LogP contribution in [0.15, 0.2) is 0 Å². The molecule has 0 aromatic carbocycles. The molecule has 106 valence electrons. The molecule has 1 aromatic heterocycles. The zero-order chi connectivity index (χ0) is 14.6. The zero-order valence-corrected chi connectivity index (χ0v) is 12.8. The van der Waals surface area contributed by atoms with Crippen LogP contribution >= 0.6 is 11.3 Å². The largest absolute Gasteiger partial charge is 0.461 e. The maximum atomic E-state index is 11.8. The number of Topliss-reactive ketones (excluding diaryl/α,β-unsaturated/α-hetero) is 1. The van der Waals surface area contributed by atoms with Gasteiger partial charge in [-0.3, -0.25) is 4.79 Å². The van der Waals surface area contributed by atoms with Gasteiger partial charge in [-0.05, 0) is 27.7 Å². The van der Waals surface area contributed by atoms with Crippen LogP contribution in [0.4, 0.5) is 5.13 Å². The Morgan fingerprint density at radius 2 is 2.00 bits per heavy atom. The first kappa shape index (κ1) is 15.6. The molecule has 0 amide bonds. The van der Waals surface area contributed by atoms with Crippen molar-refractivity contribution in [1.82, 2.24) is 4.98 Å². The Morgan fingerprint density at radius 3 is 2.42 bits per heavy atom. The van der Waals surface area contributed by atoms with Crippen molar-refractivity contribution in [2.45, 2.75) is 40.7 Å². The molecule has 0 aliphatic carbocycles. The Hall–Kier alpha value is -1.43. The number of rotatable bonds is 6. The topological polar surface area (TPSA) is 59.5 Å². The van der Waals surface area contributed by atoms with Gasteiger partial charge in [0.05, 0.1) is 6.61 Å². The summed E-state index contributed by atoms with van der Waals surface area (Å²) in [6.07, 6.45) is 0. The minimum Gasteiger partial charge on any atom is -0.461 e. The Kier molecular flexibility index (Phi) is 5.47. The standard InChI is InChI=1S/C13H20N2O3S/c1-6-15(8(3)4)13-14-10(12(17)18-7-2)11(19-13)9(5)16/h8H,6-7H2,1-5H3. The van der Waals surface area contributed by atoms with Crippen LogP contribution in [0, 0.1) is 0 Å². The first-order valence-corrected chi connectivity index (χ1v) is 7.19. The van der Waals surface area contributed by atoms with E-state index in [4.69, 9.17) is 4.74 Å². The quantitative estimate of drug-likeness (QED) is 0.594. The predicted octanol–water partition coefficient (Wildman–Crippen LogP) is 2.76. The summed E-state index contributed by atoms with van der Waals surface area (Å²) in [6.45, 7) is 10.3. The van der Waals surface area contributed by atoms with Gasteiger partial charge in [-0.25, -0.2) is 9.78 Å². The van der Waals surface area contributed by atoms with Crippen molar-refractivity contribution >= 4 is 28.2 Å². The van der Waals surface area contributed by atoms with E-state index in [-0.39, 0.29) is 24.1 Å². The molecule has 0 N–H and O–H groups in total. The Labute approximate surface area is 117 Å². The van der Waals surface area contributed by atoms with Gasteiger partial charge in [0.15, 0.2) is 16.6 Å². The smallest absolute Gasteiger partial charge is 0.358 e. The number of carbonyl (C=O) groups excluding carboxylic acids is 2. The third kappa shape index (κ3) is 3.53. The number of hydrogen-bond donors (Lipinski definition) is 0. The summed E-state index contributed by atoms with van der Waals surface area (Å²) in [7, 11) is 0. The van der Waals surface area contributed by atoms with Crippen LogP contribution in [-0.2, 0) is 4.74 Å². The lowest BCUT2D eigenvalue weighted by Crippen LogP contribution is -2.30. The van der Waals surface area contributed by atoms with Gasteiger partial charge < -0.3 is 9.64 Å². The highest BCUT2D eigenvalue weighted by Crippen LogP contribution is 2.28. The van der Waals surface area contributed by atoms with E-state index in [2.05, 4.69) is 4.98 Å². The molecule has 0 atom stereocenters. The second-order valence-electron chi connectivity index (χ2n) is 4.33. The van der Waals surface area contributed by atoms with Crippen LogP contribution in [0.2, 0.25) is 0 Å². The van der Waals surface area contributed by atoms with E-state index in [9.17, 15) is 9.59 Å². The molecule has 0 bridgehead atoms. The van der Waals surface area contributed by atoms with Crippen LogP contribution in [0.1, 0.15) is 54.8 Å². The number of nitrogens with zero attached hydrogens (tertiary/aromatic N) is 2. The van der Waals surface area contributed by atoms with Crippen LogP contribution in [0.25, 0.3) is 0 Å². The second kappa shape index (κ2) is 6.65. The van der Waals surface area contributed by atoms with E-state index >= 15 is 0 Å². The summed E-state index contributed by atoms with van der Waals surface area (Å²) >= 11 is 1.25.